The van der Waals surface area contributed by atoms with Crippen LogP contribution in [0.25, 0.3) is 0 Å². The van der Waals surface area contributed by atoms with E-state index in [9.17, 15) is 13.2 Å². The zero-order chi connectivity index (χ0) is 16.2. The maximum absolute atomic E-state index is 12.3. The van der Waals surface area contributed by atoms with E-state index in [1.165, 1.54) is 4.90 Å². The van der Waals surface area contributed by atoms with Gasteiger partial charge in [0.25, 0.3) is 5.91 Å². The number of nitrogens with two attached hydrogens (primary N) is 1. The van der Waals surface area contributed by atoms with Gasteiger partial charge in [0.1, 0.15) is 0 Å². The van der Waals surface area contributed by atoms with Crippen molar-refractivity contribution in [3.8, 4) is 0 Å². The minimum Gasteiger partial charge on any atom is -0.380 e. The third-order valence-electron chi connectivity index (χ3n) is 2.68. The third kappa shape index (κ3) is 4.82. The molecule has 0 spiro atoms. The van der Waals surface area contributed by atoms with Crippen LogP contribution < -0.4 is 5.14 Å². The van der Waals surface area contributed by atoms with E-state index in [0.29, 0.717) is 19.8 Å². The van der Waals surface area contributed by atoms with Gasteiger partial charge in [-0.1, -0.05) is 23.2 Å². The zero-order valence-corrected chi connectivity index (χ0v) is 13.9. The van der Waals surface area contributed by atoms with Gasteiger partial charge in [-0.25, -0.2) is 13.6 Å². The van der Waals surface area contributed by atoms with Crippen LogP contribution >= 0.6 is 23.2 Å². The standard InChI is InChI=1S/C12H16Cl2N2O4S/c1-3-20-5-4-16(2)12(17)9-6-8(21(15,18)19)7-10(13)11(9)14/h6-7H,3-5H2,1-2H3,(H2,15,18,19). The Morgan fingerprint density at radius 1 is 1.38 bits per heavy atom. The first kappa shape index (κ1) is 18.2. The second kappa shape index (κ2) is 7.42. The minimum absolute atomic E-state index is 0.0164. The molecule has 0 unspecified atom stereocenters. The van der Waals surface area contributed by atoms with Gasteiger partial charge < -0.3 is 9.64 Å². The molecular weight excluding hydrogens is 339 g/mol. The largest absolute Gasteiger partial charge is 0.380 e. The molecule has 0 aromatic heterocycles. The van der Waals surface area contributed by atoms with E-state index in [2.05, 4.69) is 0 Å². The number of hydrogen-bond donors (Lipinski definition) is 1. The molecule has 0 fully saturated rings. The van der Waals surface area contributed by atoms with Gasteiger partial charge in [-0.2, -0.15) is 0 Å². The number of hydrogen-bond acceptors (Lipinski definition) is 4. The molecule has 0 aliphatic carbocycles. The van der Waals surface area contributed by atoms with Crippen molar-refractivity contribution in [3.05, 3.63) is 27.7 Å². The van der Waals surface area contributed by atoms with E-state index in [1.807, 2.05) is 6.92 Å². The Labute approximate surface area is 133 Å². The Balaban J connectivity index is 3.11. The van der Waals surface area contributed by atoms with Crippen LogP contribution in [0.2, 0.25) is 10.0 Å². The Bertz CT molecular complexity index is 634. The lowest BCUT2D eigenvalue weighted by Crippen LogP contribution is -2.30. The van der Waals surface area contributed by atoms with Gasteiger partial charge in [-0.3, -0.25) is 4.79 Å². The highest BCUT2D eigenvalue weighted by Gasteiger charge is 2.21. The fraction of sp³-hybridized carbons (Fsp3) is 0.417. The lowest BCUT2D eigenvalue weighted by molar-refractivity contribution is 0.0710. The van der Waals surface area contributed by atoms with Gasteiger partial charge in [0.2, 0.25) is 10.0 Å². The molecule has 0 radical (unpaired) electrons. The molecule has 1 rings (SSSR count). The normalized spacial score (nSPS) is 11.5. The average molecular weight is 355 g/mol. The van der Waals surface area contributed by atoms with Crippen molar-refractivity contribution in [2.75, 3.05) is 26.8 Å². The highest BCUT2D eigenvalue weighted by Crippen LogP contribution is 2.29. The van der Waals surface area contributed by atoms with Crippen molar-refractivity contribution in [3.63, 3.8) is 0 Å². The molecule has 1 amide bonds. The molecule has 2 N–H and O–H groups in total. The molecule has 9 heteroatoms. The monoisotopic (exact) mass is 354 g/mol. The first-order valence-corrected chi connectivity index (χ1v) is 8.33. The molecule has 0 bridgehead atoms. The van der Waals surface area contributed by atoms with Gasteiger partial charge in [0, 0.05) is 20.2 Å². The minimum atomic E-state index is -3.98. The number of halogens is 2. The summed E-state index contributed by atoms with van der Waals surface area (Å²) in [6.07, 6.45) is 0. The lowest BCUT2D eigenvalue weighted by Gasteiger charge is -2.18. The number of carbonyl (C=O) groups excluding carboxylic acids is 1. The van der Waals surface area contributed by atoms with Crippen LogP contribution in [0.5, 0.6) is 0 Å². The number of carbonyl (C=O) groups is 1. The van der Waals surface area contributed by atoms with Crippen molar-refractivity contribution in [1.82, 2.24) is 4.90 Å². The van der Waals surface area contributed by atoms with E-state index < -0.39 is 15.9 Å². The molecule has 6 nitrogen and oxygen atoms in total. The molecule has 118 valence electrons. The number of nitrogens with zero attached hydrogens (tertiary/aromatic N) is 1. The highest BCUT2D eigenvalue weighted by molar-refractivity contribution is 7.89. The van der Waals surface area contributed by atoms with Crippen LogP contribution in [0.3, 0.4) is 0 Å². The van der Waals surface area contributed by atoms with Crippen LogP contribution in [0.4, 0.5) is 0 Å². The van der Waals surface area contributed by atoms with E-state index in [-0.39, 0.29) is 20.5 Å². The molecule has 0 atom stereocenters. The maximum atomic E-state index is 12.3. The van der Waals surface area contributed by atoms with Crippen molar-refractivity contribution >= 4 is 39.1 Å². The van der Waals surface area contributed by atoms with Crippen LogP contribution in [-0.4, -0.2) is 46.0 Å². The third-order valence-corrected chi connectivity index (χ3v) is 4.38. The van der Waals surface area contributed by atoms with E-state index in [4.69, 9.17) is 33.1 Å². The molecule has 0 saturated carbocycles. The molecule has 1 aromatic carbocycles. The second-order valence-electron chi connectivity index (χ2n) is 4.24. The van der Waals surface area contributed by atoms with Gasteiger partial charge in [-0.15, -0.1) is 0 Å². The average Bonchev–Trinajstić information content (AvgIpc) is 2.39. The summed E-state index contributed by atoms with van der Waals surface area (Å²) in [6, 6.07) is 2.22. The Hall–Kier alpha value is -0.860. The topological polar surface area (TPSA) is 89.7 Å². The molecule has 21 heavy (non-hydrogen) atoms. The van der Waals surface area contributed by atoms with Crippen molar-refractivity contribution in [2.24, 2.45) is 5.14 Å². The molecule has 0 aliphatic rings. The summed E-state index contributed by atoms with van der Waals surface area (Å²) in [5.74, 6) is -0.466. The number of ether oxygens (including phenoxy) is 1. The zero-order valence-electron chi connectivity index (χ0n) is 11.6. The van der Waals surface area contributed by atoms with Crippen molar-refractivity contribution < 1.29 is 17.9 Å². The molecule has 0 saturated heterocycles. The Morgan fingerprint density at radius 2 is 2.00 bits per heavy atom. The number of benzene rings is 1. The molecule has 1 aromatic rings. The summed E-state index contributed by atoms with van der Waals surface area (Å²) in [5, 5.41) is 4.98. The van der Waals surface area contributed by atoms with Crippen molar-refractivity contribution in [1.29, 1.82) is 0 Å². The fourth-order valence-corrected chi connectivity index (χ4v) is 2.58. The fourth-order valence-electron chi connectivity index (χ4n) is 1.54. The molecular formula is C12H16Cl2N2O4S. The lowest BCUT2D eigenvalue weighted by atomic mass is 10.2. The molecule has 0 aliphatic heterocycles. The quantitative estimate of drug-likeness (QED) is 0.788. The summed E-state index contributed by atoms with van der Waals surface area (Å²) in [5.41, 5.74) is -0.0211. The number of amides is 1. The SMILES string of the molecule is CCOCCN(C)C(=O)c1cc(S(N)(=O)=O)cc(Cl)c1Cl. The first-order valence-electron chi connectivity index (χ1n) is 6.03. The van der Waals surface area contributed by atoms with Crippen LogP contribution in [-0.2, 0) is 14.8 Å². The summed E-state index contributed by atoms with van der Waals surface area (Å²) < 4.78 is 27.9. The summed E-state index contributed by atoms with van der Waals surface area (Å²) in [6.45, 7) is 3.07. The van der Waals surface area contributed by atoms with Gasteiger partial charge >= 0.3 is 0 Å². The predicted molar refractivity (Wildman–Crippen MR) is 81.3 cm³/mol. The summed E-state index contributed by atoms with van der Waals surface area (Å²) >= 11 is 11.8. The number of rotatable bonds is 6. The number of likely N-dealkylation sites (N-methyl/N-ethyl adjacent to an activating group) is 1. The van der Waals surface area contributed by atoms with E-state index in [1.54, 1.807) is 7.05 Å². The maximum Gasteiger partial charge on any atom is 0.255 e. The van der Waals surface area contributed by atoms with E-state index in [0.717, 1.165) is 12.1 Å². The van der Waals surface area contributed by atoms with Crippen LogP contribution in [0, 0.1) is 0 Å². The number of sulfonamides is 1. The van der Waals surface area contributed by atoms with Gasteiger partial charge in [-0.05, 0) is 19.1 Å². The van der Waals surface area contributed by atoms with Gasteiger partial charge in [0.05, 0.1) is 27.1 Å². The second-order valence-corrected chi connectivity index (χ2v) is 6.58. The Morgan fingerprint density at radius 3 is 2.52 bits per heavy atom. The smallest absolute Gasteiger partial charge is 0.255 e. The van der Waals surface area contributed by atoms with Crippen LogP contribution in [0.1, 0.15) is 17.3 Å². The predicted octanol–water partition coefficient (Wildman–Crippen LogP) is 1.75. The summed E-state index contributed by atoms with van der Waals surface area (Å²) in [7, 11) is -2.43. The van der Waals surface area contributed by atoms with Crippen molar-refractivity contribution in [2.45, 2.75) is 11.8 Å². The van der Waals surface area contributed by atoms with E-state index >= 15 is 0 Å². The molecule has 0 heterocycles. The number of primary sulfonamides is 1. The van der Waals surface area contributed by atoms with Gasteiger partial charge in [0.15, 0.2) is 0 Å². The highest BCUT2D eigenvalue weighted by atomic mass is 35.5. The Kier molecular flexibility index (Phi) is 6.42. The van der Waals surface area contributed by atoms with Crippen LogP contribution in [0.15, 0.2) is 17.0 Å². The first-order chi connectivity index (χ1) is 9.68. The summed E-state index contributed by atoms with van der Waals surface area (Å²) in [4.78, 5) is 13.4.